The van der Waals surface area contributed by atoms with E-state index in [0.29, 0.717) is 17.9 Å². The molecule has 0 aliphatic heterocycles. The second-order valence-electron chi connectivity index (χ2n) is 3.07. The second kappa shape index (κ2) is 3.68. The smallest absolute Gasteiger partial charge is 0.263 e. The Balaban J connectivity index is 2.53. The summed E-state index contributed by atoms with van der Waals surface area (Å²) in [4.78, 5) is 4.02. The maximum absolute atomic E-state index is 13.4. The zero-order valence-electron chi connectivity index (χ0n) is 8.20. The predicted molar refractivity (Wildman–Crippen MR) is 53.5 cm³/mol. The minimum atomic E-state index is -0.457. The average molecular weight is 207 g/mol. The molecule has 0 unspecified atom stereocenters. The van der Waals surface area contributed by atoms with Gasteiger partial charge in [-0.25, -0.2) is 4.39 Å². The van der Waals surface area contributed by atoms with Crippen molar-refractivity contribution in [2.75, 3.05) is 5.73 Å². The van der Waals surface area contributed by atoms with E-state index in [9.17, 15) is 4.39 Å². The van der Waals surface area contributed by atoms with Gasteiger partial charge in [-0.05, 0) is 12.1 Å². The molecular weight excluding hydrogens is 197 g/mol. The van der Waals surface area contributed by atoms with Crippen LogP contribution in [0.3, 0.4) is 0 Å². The van der Waals surface area contributed by atoms with Crippen LogP contribution in [0.15, 0.2) is 22.7 Å². The van der Waals surface area contributed by atoms with E-state index < -0.39 is 5.82 Å². The summed E-state index contributed by atoms with van der Waals surface area (Å²) in [5, 5.41) is 3.68. The third-order valence-corrected chi connectivity index (χ3v) is 2.04. The Morgan fingerprint density at radius 3 is 2.87 bits per heavy atom. The van der Waals surface area contributed by atoms with Crippen molar-refractivity contribution in [3.8, 4) is 11.5 Å². The number of halogens is 1. The molecule has 1 aromatic heterocycles. The molecule has 0 atom stereocenters. The first kappa shape index (κ1) is 9.64. The quantitative estimate of drug-likeness (QED) is 0.765. The van der Waals surface area contributed by atoms with E-state index in [-0.39, 0.29) is 11.5 Å². The minimum Gasteiger partial charge on any atom is -0.398 e. The van der Waals surface area contributed by atoms with E-state index in [1.807, 2.05) is 6.92 Å². The normalized spacial score (nSPS) is 10.5. The molecule has 5 heteroatoms. The predicted octanol–water partition coefficient (Wildman–Crippen LogP) is 2.02. The Morgan fingerprint density at radius 2 is 2.27 bits per heavy atom. The number of nitrogens with zero attached hydrogens (tertiary/aromatic N) is 2. The summed E-state index contributed by atoms with van der Waals surface area (Å²) < 4.78 is 18.4. The number of hydrogen-bond acceptors (Lipinski definition) is 4. The van der Waals surface area contributed by atoms with Crippen LogP contribution >= 0.6 is 0 Å². The maximum atomic E-state index is 13.4. The number of benzene rings is 1. The topological polar surface area (TPSA) is 64.9 Å². The number of hydrogen-bond donors (Lipinski definition) is 1. The van der Waals surface area contributed by atoms with E-state index in [0.717, 1.165) is 0 Å². The first-order valence-corrected chi connectivity index (χ1v) is 4.59. The summed E-state index contributed by atoms with van der Waals surface area (Å²) in [7, 11) is 0. The molecule has 2 aromatic rings. The van der Waals surface area contributed by atoms with E-state index >= 15 is 0 Å². The zero-order chi connectivity index (χ0) is 10.8. The molecule has 0 amide bonds. The number of nitrogens with two attached hydrogens (primary N) is 1. The lowest BCUT2D eigenvalue weighted by molar-refractivity contribution is 0.421. The Bertz CT molecular complexity index is 461. The summed E-state index contributed by atoms with van der Waals surface area (Å²) in [6.07, 6.45) is 0.637. The van der Waals surface area contributed by atoms with Gasteiger partial charge in [0.05, 0.1) is 5.56 Å². The van der Waals surface area contributed by atoms with Gasteiger partial charge < -0.3 is 10.3 Å². The summed E-state index contributed by atoms with van der Waals surface area (Å²) in [6, 6.07) is 4.43. The van der Waals surface area contributed by atoms with Gasteiger partial charge in [0, 0.05) is 12.1 Å². The van der Waals surface area contributed by atoms with E-state index in [4.69, 9.17) is 10.3 Å². The first-order valence-electron chi connectivity index (χ1n) is 4.59. The van der Waals surface area contributed by atoms with Crippen molar-refractivity contribution < 1.29 is 8.91 Å². The van der Waals surface area contributed by atoms with Gasteiger partial charge in [0.1, 0.15) is 5.82 Å². The molecule has 78 valence electrons. The summed E-state index contributed by atoms with van der Waals surface area (Å²) in [5.74, 6) is 0.205. The van der Waals surface area contributed by atoms with Crippen LogP contribution < -0.4 is 5.73 Å². The molecule has 0 radical (unpaired) electrons. The Kier molecular flexibility index (Phi) is 2.37. The lowest BCUT2D eigenvalue weighted by atomic mass is 10.1. The fourth-order valence-corrected chi connectivity index (χ4v) is 1.27. The van der Waals surface area contributed by atoms with Crippen molar-refractivity contribution in [3.05, 3.63) is 29.8 Å². The summed E-state index contributed by atoms with van der Waals surface area (Å²) >= 11 is 0. The molecule has 2 rings (SSSR count). The standard InChI is InChI=1S/C10H10FN3O/c1-2-8-13-10(15-14-8)9-6(11)4-3-5-7(9)12/h3-5H,2,12H2,1H3. The SMILES string of the molecule is CCc1noc(-c2c(N)cccc2F)n1. The van der Waals surface area contributed by atoms with Crippen LogP contribution in [0.4, 0.5) is 10.1 Å². The van der Waals surface area contributed by atoms with Crippen LogP contribution in [0.1, 0.15) is 12.7 Å². The van der Waals surface area contributed by atoms with Crippen LogP contribution in [-0.2, 0) is 6.42 Å². The van der Waals surface area contributed by atoms with Gasteiger partial charge in [-0.3, -0.25) is 0 Å². The molecule has 1 heterocycles. The van der Waals surface area contributed by atoms with Crippen molar-refractivity contribution in [1.82, 2.24) is 10.1 Å². The molecule has 0 aliphatic rings. The third-order valence-electron chi connectivity index (χ3n) is 2.04. The molecule has 1 aromatic carbocycles. The van der Waals surface area contributed by atoms with Crippen molar-refractivity contribution in [3.63, 3.8) is 0 Å². The van der Waals surface area contributed by atoms with Crippen molar-refractivity contribution in [2.45, 2.75) is 13.3 Å². The number of nitrogen functional groups attached to an aromatic ring is 1. The first-order chi connectivity index (χ1) is 7.22. The number of rotatable bonds is 2. The molecule has 0 fully saturated rings. The Morgan fingerprint density at radius 1 is 1.47 bits per heavy atom. The van der Waals surface area contributed by atoms with Gasteiger partial charge in [0.2, 0.25) is 0 Å². The highest BCUT2D eigenvalue weighted by Gasteiger charge is 2.15. The van der Waals surface area contributed by atoms with Gasteiger partial charge >= 0.3 is 0 Å². The van der Waals surface area contributed by atoms with Gasteiger partial charge in [-0.2, -0.15) is 4.98 Å². The Labute approximate surface area is 85.9 Å². The van der Waals surface area contributed by atoms with Crippen LogP contribution in [0.2, 0.25) is 0 Å². The largest absolute Gasteiger partial charge is 0.398 e. The van der Waals surface area contributed by atoms with E-state index in [1.165, 1.54) is 12.1 Å². The highest BCUT2D eigenvalue weighted by Crippen LogP contribution is 2.26. The average Bonchev–Trinajstić information content (AvgIpc) is 2.66. The van der Waals surface area contributed by atoms with Crippen molar-refractivity contribution in [1.29, 1.82) is 0 Å². The minimum absolute atomic E-state index is 0.127. The monoisotopic (exact) mass is 207 g/mol. The molecular formula is C10H10FN3O. The molecule has 0 bridgehead atoms. The molecule has 0 saturated carbocycles. The molecule has 0 aliphatic carbocycles. The number of aryl methyl sites for hydroxylation is 1. The lowest BCUT2D eigenvalue weighted by Gasteiger charge is -2.00. The summed E-state index contributed by atoms with van der Waals surface area (Å²) in [5.41, 5.74) is 6.10. The fraction of sp³-hybridized carbons (Fsp3) is 0.200. The molecule has 2 N–H and O–H groups in total. The second-order valence-corrected chi connectivity index (χ2v) is 3.07. The summed E-state index contributed by atoms with van der Waals surface area (Å²) in [6.45, 7) is 1.89. The lowest BCUT2D eigenvalue weighted by Crippen LogP contribution is -1.93. The van der Waals surface area contributed by atoms with Gasteiger partial charge in [-0.1, -0.05) is 18.1 Å². The van der Waals surface area contributed by atoms with Crippen LogP contribution in [0.5, 0.6) is 0 Å². The molecule has 0 spiro atoms. The van der Waals surface area contributed by atoms with Gasteiger partial charge in [-0.15, -0.1) is 0 Å². The molecule has 4 nitrogen and oxygen atoms in total. The zero-order valence-corrected chi connectivity index (χ0v) is 8.20. The van der Waals surface area contributed by atoms with Gasteiger partial charge in [0.15, 0.2) is 5.82 Å². The van der Waals surface area contributed by atoms with Gasteiger partial charge in [0.25, 0.3) is 5.89 Å². The van der Waals surface area contributed by atoms with Crippen LogP contribution in [0, 0.1) is 5.82 Å². The number of aromatic nitrogens is 2. The van der Waals surface area contributed by atoms with Crippen LogP contribution in [-0.4, -0.2) is 10.1 Å². The van der Waals surface area contributed by atoms with Crippen molar-refractivity contribution >= 4 is 5.69 Å². The highest BCUT2D eigenvalue weighted by molar-refractivity contribution is 5.70. The van der Waals surface area contributed by atoms with Crippen LogP contribution in [0.25, 0.3) is 11.5 Å². The third kappa shape index (κ3) is 1.68. The number of anilines is 1. The molecule has 0 saturated heterocycles. The van der Waals surface area contributed by atoms with E-state index in [1.54, 1.807) is 6.07 Å². The highest BCUT2D eigenvalue weighted by atomic mass is 19.1. The van der Waals surface area contributed by atoms with E-state index in [2.05, 4.69) is 10.1 Å². The maximum Gasteiger partial charge on any atom is 0.263 e. The fourth-order valence-electron chi connectivity index (χ4n) is 1.27. The Hall–Kier alpha value is -1.91. The van der Waals surface area contributed by atoms with Crippen molar-refractivity contribution in [2.24, 2.45) is 0 Å². The molecule has 15 heavy (non-hydrogen) atoms.